The zero-order valence-electron chi connectivity index (χ0n) is 18.2. The van der Waals surface area contributed by atoms with Gasteiger partial charge in [0.05, 0.1) is 12.8 Å². The van der Waals surface area contributed by atoms with E-state index in [1.165, 1.54) is 12.1 Å². The number of methoxy groups -OCH3 is 1. The minimum Gasteiger partial charge on any atom is -0.508 e. The zero-order valence-corrected chi connectivity index (χ0v) is 18.2. The molecule has 0 bridgehead atoms. The molecule has 0 spiro atoms. The van der Waals surface area contributed by atoms with Crippen LogP contribution in [0.1, 0.15) is 10.4 Å². The number of carbonyl (C=O) groups excluding carboxylic acids is 1. The smallest absolute Gasteiger partial charge is 0.259 e. The number of phenolic OH excluding ortho intramolecular Hbond substituents is 1. The molecule has 1 aliphatic rings. The Bertz CT molecular complexity index is 1020. The number of hydrogen-bond donors (Lipinski definition) is 1. The normalized spacial score (nSPS) is 14.2. The summed E-state index contributed by atoms with van der Waals surface area (Å²) in [4.78, 5) is 24.0. The number of aromatic hydroxyl groups is 1. The fourth-order valence-corrected chi connectivity index (χ4v) is 3.94. The van der Waals surface area contributed by atoms with Crippen molar-refractivity contribution in [1.29, 1.82) is 0 Å². The fraction of sp³-hybridized carbons (Fsp3) is 0.280. The van der Waals surface area contributed by atoms with E-state index in [0.29, 0.717) is 17.9 Å². The van der Waals surface area contributed by atoms with E-state index in [1.807, 2.05) is 36.4 Å². The third-order valence-electron chi connectivity index (χ3n) is 5.72. The van der Waals surface area contributed by atoms with Gasteiger partial charge < -0.3 is 14.7 Å². The molecule has 4 rings (SSSR count). The van der Waals surface area contributed by atoms with Crippen LogP contribution in [0, 0.1) is 0 Å². The molecule has 1 amide bonds. The van der Waals surface area contributed by atoms with E-state index in [4.69, 9.17) is 4.74 Å². The first-order valence-corrected chi connectivity index (χ1v) is 10.8. The van der Waals surface area contributed by atoms with Crippen molar-refractivity contribution < 1.29 is 14.6 Å². The van der Waals surface area contributed by atoms with Crippen LogP contribution in [-0.2, 0) is 0 Å². The number of piperazine rings is 1. The molecule has 3 aromatic rings. The minimum atomic E-state index is -0.128. The van der Waals surface area contributed by atoms with E-state index in [9.17, 15) is 9.90 Å². The van der Waals surface area contributed by atoms with E-state index in [1.54, 1.807) is 30.3 Å². The quantitative estimate of drug-likeness (QED) is 0.618. The molecular formula is C25H28N4O3. The average molecular weight is 433 g/mol. The Hall–Kier alpha value is -3.58. The number of carbonyl (C=O) groups is 1. The summed E-state index contributed by atoms with van der Waals surface area (Å²) in [6.45, 7) is 4.89. The van der Waals surface area contributed by atoms with E-state index < -0.39 is 0 Å². The Morgan fingerprint density at radius 1 is 1.00 bits per heavy atom. The zero-order chi connectivity index (χ0) is 22.3. The number of pyridine rings is 1. The number of benzene rings is 2. The highest BCUT2D eigenvalue weighted by Gasteiger charge is 2.23. The number of amides is 1. The fourth-order valence-electron chi connectivity index (χ4n) is 3.94. The van der Waals surface area contributed by atoms with Gasteiger partial charge in [-0.3, -0.25) is 14.6 Å². The van der Waals surface area contributed by atoms with Crippen LogP contribution in [0.25, 0.3) is 0 Å². The molecule has 1 saturated heterocycles. The lowest BCUT2D eigenvalue weighted by molar-refractivity contribution is 0.0982. The second kappa shape index (κ2) is 10.2. The largest absolute Gasteiger partial charge is 0.508 e. The van der Waals surface area contributed by atoms with Gasteiger partial charge in [-0.1, -0.05) is 18.2 Å². The Morgan fingerprint density at radius 2 is 1.72 bits per heavy atom. The summed E-state index contributed by atoms with van der Waals surface area (Å²) in [7, 11) is 1.70. The van der Waals surface area contributed by atoms with Crippen molar-refractivity contribution in [2.24, 2.45) is 0 Å². The second-order valence-corrected chi connectivity index (χ2v) is 7.69. The standard InChI is InChI=1S/C25H28N4O3/c1-32-23-7-3-2-6-22(23)28-17-14-27(15-18-28)16-19-29(24-8-4-5-13-26-24)25(31)20-9-11-21(30)12-10-20/h2-13,30H,14-19H2,1H3. The minimum absolute atomic E-state index is 0.128. The summed E-state index contributed by atoms with van der Waals surface area (Å²) in [5, 5.41) is 9.55. The van der Waals surface area contributed by atoms with Crippen molar-refractivity contribution in [3.8, 4) is 11.5 Å². The molecule has 0 saturated carbocycles. The molecule has 0 atom stereocenters. The van der Waals surface area contributed by atoms with Gasteiger partial charge in [0, 0.05) is 51.0 Å². The van der Waals surface area contributed by atoms with Gasteiger partial charge in [-0.25, -0.2) is 4.98 Å². The number of phenols is 1. The Labute approximate surface area is 188 Å². The van der Waals surface area contributed by atoms with Gasteiger partial charge in [0.15, 0.2) is 0 Å². The van der Waals surface area contributed by atoms with Crippen LogP contribution in [0.5, 0.6) is 11.5 Å². The van der Waals surface area contributed by atoms with Crippen molar-refractivity contribution in [2.75, 3.05) is 56.2 Å². The van der Waals surface area contributed by atoms with Gasteiger partial charge >= 0.3 is 0 Å². The molecule has 1 fully saturated rings. The number of para-hydroxylation sites is 2. The van der Waals surface area contributed by atoms with Crippen LogP contribution in [-0.4, -0.2) is 67.3 Å². The lowest BCUT2D eigenvalue weighted by Gasteiger charge is -2.37. The van der Waals surface area contributed by atoms with Crippen LogP contribution < -0.4 is 14.5 Å². The van der Waals surface area contributed by atoms with Crippen LogP contribution in [0.3, 0.4) is 0 Å². The predicted molar refractivity (Wildman–Crippen MR) is 126 cm³/mol. The van der Waals surface area contributed by atoms with Crippen LogP contribution in [0.2, 0.25) is 0 Å². The number of ether oxygens (including phenoxy) is 1. The Morgan fingerprint density at radius 3 is 2.41 bits per heavy atom. The highest BCUT2D eigenvalue weighted by molar-refractivity contribution is 6.05. The molecule has 7 nitrogen and oxygen atoms in total. The number of hydrogen-bond acceptors (Lipinski definition) is 6. The van der Waals surface area contributed by atoms with E-state index in [-0.39, 0.29) is 11.7 Å². The highest BCUT2D eigenvalue weighted by Crippen LogP contribution is 2.28. The predicted octanol–water partition coefficient (Wildman–Crippen LogP) is 3.26. The Kier molecular flexibility index (Phi) is 6.87. The third kappa shape index (κ3) is 5.00. The van der Waals surface area contributed by atoms with Crippen LogP contribution >= 0.6 is 0 Å². The summed E-state index contributed by atoms with van der Waals surface area (Å²) in [5.74, 6) is 1.52. The maximum Gasteiger partial charge on any atom is 0.259 e. The Balaban J connectivity index is 1.41. The summed E-state index contributed by atoms with van der Waals surface area (Å²) in [6.07, 6.45) is 1.69. The molecule has 0 unspecified atom stereocenters. The van der Waals surface area contributed by atoms with Gasteiger partial charge in [0.2, 0.25) is 0 Å². The lowest BCUT2D eigenvalue weighted by Crippen LogP contribution is -2.49. The monoisotopic (exact) mass is 432 g/mol. The first-order valence-electron chi connectivity index (χ1n) is 10.8. The first-order chi connectivity index (χ1) is 15.7. The first kappa shape index (κ1) is 21.6. The molecule has 2 heterocycles. The average Bonchev–Trinajstić information content (AvgIpc) is 2.85. The van der Waals surface area contributed by atoms with Gasteiger partial charge in [-0.05, 0) is 48.5 Å². The van der Waals surface area contributed by atoms with Crippen molar-refractivity contribution >= 4 is 17.4 Å². The van der Waals surface area contributed by atoms with Crippen molar-refractivity contribution in [3.63, 3.8) is 0 Å². The highest BCUT2D eigenvalue weighted by atomic mass is 16.5. The van der Waals surface area contributed by atoms with Gasteiger partial charge in [-0.2, -0.15) is 0 Å². The number of rotatable bonds is 7. The van der Waals surface area contributed by atoms with E-state index >= 15 is 0 Å². The van der Waals surface area contributed by atoms with Crippen molar-refractivity contribution in [1.82, 2.24) is 9.88 Å². The molecular weight excluding hydrogens is 404 g/mol. The molecule has 166 valence electrons. The third-order valence-corrected chi connectivity index (χ3v) is 5.72. The summed E-state index contributed by atoms with van der Waals surface area (Å²) in [6, 6.07) is 20.0. The topological polar surface area (TPSA) is 69.1 Å². The van der Waals surface area contributed by atoms with Crippen molar-refractivity contribution in [3.05, 3.63) is 78.5 Å². The maximum atomic E-state index is 13.2. The maximum absolute atomic E-state index is 13.2. The second-order valence-electron chi connectivity index (χ2n) is 7.69. The number of anilines is 2. The van der Waals surface area contributed by atoms with Crippen molar-refractivity contribution in [2.45, 2.75) is 0 Å². The number of nitrogens with zero attached hydrogens (tertiary/aromatic N) is 4. The molecule has 1 N–H and O–H groups in total. The molecule has 0 radical (unpaired) electrons. The lowest BCUT2D eigenvalue weighted by atomic mass is 10.2. The molecule has 2 aromatic carbocycles. The molecule has 1 aliphatic heterocycles. The van der Waals surface area contributed by atoms with Gasteiger partial charge in [0.25, 0.3) is 5.91 Å². The molecule has 7 heteroatoms. The van der Waals surface area contributed by atoms with Gasteiger partial charge in [-0.15, -0.1) is 0 Å². The van der Waals surface area contributed by atoms with Crippen LogP contribution in [0.15, 0.2) is 72.9 Å². The molecule has 1 aromatic heterocycles. The summed E-state index contributed by atoms with van der Waals surface area (Å²) >= 11 is 0. The summed E-state index contributed by atoms with van der Waals surface area (Å²) in [5.41, 5.74) is 1.64. The van der Waals surface area contributed by atoms with Crippen LogP contribution in [0.4, 0.5) is 11.5 Å². The van der Waals surface area contributed by atoms with E-state index in [0.717, 1.165) is 44.2 Å². The number of aromatic nitrogens is 1. The SMILES string of the molecule is COc1ccccc1N1CCN(CCN(C(=O)c2ccc(O)cc2)c2ccccn2)CC1. The summed E-state index contributed by atoms with van der Waals surface area (Å²) < 4.78 is 5.51. The molecule has 0 aliphatic carbocycles. The molecule has 32 heavy (non-hydrogen) atoms. The van der Waals surface area contributed by atoms with E-state index in [2.05, 4.69) is 20.9 Å². The van der Waals surface area contributed by atoms with Gasteiger partial charge in [0.1, 0.15) is 17.3 Å².